The molecule has 9 heavy (non-hydrogen) atoms. The smallest absolute Gasteiger partial charge is 0.335 e. The van der Waals surface area contributed by atoms with E-state index in [4.69, 9.17) is 5.11 Å². The van der Waals surface area contributed by atoms with Gasteiger partial charge in [0.15, 0.2) is 0 Å². The number of aliphatic carboxylic acids is 1. The lowest BCUT2D eigenvalue weighted by Crippen LogP contribution is -1.99. The third-order valence-corrected chi connectivity index (χ3v) is 1.14. The van der Waals surface area contributed by atoms with Crippen LogP contribution in [0, 0.1) is 6.08 Å². The molecule has 0 atom stereocenters. The zero-order valence-corrected chi connectivity index (χ0v) is 4.92. The van der Waals surface area contributed by atoms with Gasteiger partial charge in [-0.3, -0.25) is 0 Å². The predicted octanol–water partition coefficient (Wildman–Crippen LogP) is 1.15. The van der Waals surface area contributed by atoms with Gasteiger partial charge in [-0.1, -0.05) is 12.2 Å². The fourth-order valence-electron chi connectivity index (χ4n) is 0.697. The molecule has 47 valence electrons. The highest BCUT2D eigenvalue weighted by Crippen LogP contribution is 2.07. The number of carboxylic acid groups (broad SMARTS) is 1. The fraction of sp³-hybridized carbons (Fsp3) is 0.286. The first-order valence-corrected chi connectivity index (χ1v) is 2.81. The third kappa shape index (κ3) is 1.42. The molecule has 2 heteroatoms. The van der Waals surface area contributed by atoms with Crippen LogP contribution in [0.2, 0.25) is 0 Å². The standard InChI is InChI=1S/C7H7O2/c8-7(9)6-4-2-1-3-5-6/h2,4H,1,3H2,(H,8,9). The van der Waals surface area contributed by atoms with E-state index in [1.165, 1.54) is 0 Å². The first kappa shape index (κ1) is 6.08. The van der Waals surface area contributed by atoms with E-state index in [0.717, 1.165) is 12.8 Å². The van der Waals surface area contributed by atoms with Crippen molar-refractivity contribution in [2.75, 3.05) is 0 Å². The molecular formula is C7H7O2. The van der Waals surface area contributed by atoms with Gasteiger partial charge in [-0.15, -0.1) is 0 Å². The van der Waals surface area contributed by atoms with Crippen LogP contribution in [0.15, 0.2) is 17.7 Å². The summed E-state index contributed by atoms with van der Waals surface area (Å²) in [6, 6.07) is 0. The van der Waals surface area contributed by atoms with Crippen LogP contribution in [-0.4, -0.2) is 11.1 Å². The molecule has 1 rings (SSSR count). The van der Waals surface area contributed by atoms with Crippen LogP contribution in [0.1, 0.15) is 12.8 Å². The second-order valence-electron chi connectivity index (χ2n) is 1.84. The molecule has 0 bridgehead atoms. The van der Waals surface area contributed by atoms with E-state index < -0.39 is 5.97 Å². The first-order chi connectivity index (χ1) is 4.30. The number of carbonyl (C=O) groups is 1. The lowest BCUT2D eigenvalue weighted by molar-refractivity contribution is -0.132. The summed E-state index contributed by atoms with van der Waals surface area (Å²) >= 11 is 0. The van der Waals surface area contributed by atoms with Gasteiger partial charge in [0.05, 0.1) is 5.57 Å². The summed E-state index contributed by atoms with van der Waals surface area (Å²) < 4.78 is 0. The van der Waals surface area contributed by atoms with Crippen molar-refractivity contribution in [3.63, 3.8) is 0 Å². The van der Waals surface area contributed by atoms with Crippen molar-refractivity contribution < 1.29 is 9.90 Å². The molecule has 0 unspecified atom stereocenters. The lowest BCUT2D eigenvalue weighted by Gasteiger charge is -1.98. The van der Waals surface area contributed by atoms with E-state index in [0.29, 0.717) is 5.57 Å². The minimum atomic E-state index is -0.883. The Kier molecular flexibility index (Phi) is 1.68. The molecule has 0 aromatic rings. The molecule has 1 aliphatic rings. The summed E-state index contributed by atoms with van der Waals surface area (Å²) in [5, 5.41) is 8.39. The maximum atomic E-state index is 10.2. The average Bonchev–Trinajstić information content (AvgIpc) is 1.90. The fourth-order valence-corrected chi connectivity index (χ4v) is 0.697. The summed E-state index contributed by atoms with van der Waals surface area (Å²) in [7, 11) is 0. The Morgan fingerprint density at radius 3 is 2.89 bits per heavy atom. The molecule has 1 N–H and O–H groups in total. The minimum absolute atomic E-state index is 0.293. The summed E-state index contributed by atoms with van der Waals surface area (Å²) in [5.74, 6) is -0.883. The number of carboxylic acids is 1. The highest BCUT2D eigenvalue weighted by Gasteiger charge is 2.04. The highest BCUT2D eigenvalue weighted by atomic mass is 16.4. The summed E-state index contributed by atoms with van der Waals surface area (Å²) in [5.41, 5.74) is 0.293. The Hall–Kier alpha value is -1.05. The third-order valence-electron chi connectivity index (χ3n) is 1.14. The average molecular weight is 123 g/mol. The largest absolute Gasteiger partial charge is 0.478 e. The zero-order chi connectivity index (χ0) is 6.69. The minimum Gasteiger partial charge on any atom is -0.478 e. The van der Waals surface area contributed by atoms with E-state index in [9.17, 15) is 4.79 Å². The van der Waals surface area contributed by atoms with Crippen molar-refractivity contribution >= 4 is 5.97 Å². The van der Waals surface area contributed by atoms with Gasteiger partial charge in [-0.05, 0) is 18.9 Å². The van der Waals surface area contributed by atoms with Gasteiger partial charge in [0.2, 0.25) is 0 Å². The Morgan fingerprint density at radius 2 is 2.56 bits per heavy atom. The van der Waals surface area contributed by atoms with Gasteiger partial charge in [0.25, 0.3) is 0 Å². The maximum Gasteiger partial charge on any atom is 0.335 e. The molecule has 0 saturated carbocycles. The van der Waals surface area contributed by atoms with Crippen molar-refractivity contribution in [3.05, 3.63) is 23.8 Å². The predicted molar refractivity (Wildman–Crippen MR) is 32.8 cm³/mol. The van der Waals surface area contributed by atoms with Gasteiger partial charge >= 0.3 is 5.97 Å². The molecular weight excluding hydrogens is 116 g/mol. The van der Waals surface area contributed by atoms with Gasteiger partial charge in [0, 0.05) is 0 Å². The molecule has 0 aromatic carbocycles. The molecule has 2 nitrogen and oxygen atoms in total. The van der Waals surface area contributed by atoms with Crippen LogP contribution in [-0.2, 0) is 4.79 Å². The molecule has 0 aliphatic heterocycles. The lowest BCUT2D eigenvalue weighted by atomic mass is 10.1. The zero-order valence-electron chi connectivity index (χ0n) is 4.92. The maximum absolute atomic E-state index is 10.2. The molecule has 1 radical (unpaired) electrons. The highest BCUT2D eigenvalue weighted by molar-refractivity contribution is 5.89. The van der Waals surface area contributed by atoms with Crippen LogP contribution >= 0.6 is 0 Å². The normalized spacial score (nSPS) is 17.1. The van der Waals surface area contributed by atoms with E-state index in [1.54, 1.807) is 6.08 Å². The summed E-state index contributed by atoms with van der Waals surface area (Å²) in [6.07, 6.45) is 7.83. The van der Waals surface area contributed by atoms with Crippen molar-refractivity contribution in [2.24, 2.45) is 0 Å². The second kappa shape index (κ2) is 2.49. The van der Waals surface area contributed by atoms with Crippen LogP contribution in [0.3, 0.4) is 0 Å². The van der Waals surface area contributed by atoms with Crippen molar-refractivity contribution in [3.8, 4) is 0 Å². The number of hydrogen-bond donors (Lipinski definition) is 1. The van der Waals surface area contributed by atoms with E-state index >= 15 is 0 Å². The van der Waals surface area contributed by atoms with Gasteiger partial charge in [-0.25, -0.2) is 4.79 Å². The number of rotatable bonds is 1. The van der Waals surface area contributed by atoms with Crippen LogP contribution in [0.5, 0.6) is 0 Å². The van der Waals surface area contributed by atoms with Crippen LogP contribution in [0.25, 0.3) is 0 Å². The topological polar surface area (TPSA) is 37.3 Å². The molecule has 0 heterocycles. The Bertz CT molecular complexity index is 177. The molecule has 1 aliphatic carbocycles. The Labute approximate surface area is 53.5 Å². The Balaban J connectivity index is 2.69. The molecule has 0 amide bonds. The Morgan fingerprint density at radius 1 is 1.78 bits per heavy atom. The number of allylic oxidation sites excluding steroid dienone is 2. The van der Waals surface area contributed by atoms with Crippen molar-refractivity contribution in [2.45, 2.75) is 12.8 Å². The molecule has 0 spiro atoms. The van der Waals surface area contributed by atoms with Crippen molar-refractivity contribution in [1.29, 1.82) is 0 Å². The molecule has 0 aromatic heterocycles. The monoisotopic (exact) mass is 123 g/mol. The van der Waals surface area contributed by atoms with Gasteiger partial charge in [-0.2, -0.15) is 0 Å². The second-order valence-corrected chi connectivity index (χ2v) is 1.84. The quantitative estimate of drug-likeness (QED) is 0.567. The summed E-state index contributed by atoms with van der Waals surface area (Å²) in [6.45, 7) is 0. The van der Waals surface area contributed by atoms with E-state index in [1.807, 2.05) is 6.08 Å². The molecule has 0 saturated heterocycles. The summed E-state index contributed by atoms with van der Waals surface area (Å²) in [4.78, 5) is 10.2. The SMILES string of the molecule is O=C(O)C1=[C]CCC=C1. The van der Waals surface area contributed by atoms with E-state index in [-0.39, 0.29) is 0 Å². The first-order valence-electron chi connectivity index (χ1n) is 2.81. The van der Waals surface area contributed by atoms with E-state index in [2.05, 4.69) is 6.08 Å². The van der Waals surface area contributed by atoms with Gasteiger partial charge in [0.1, 0.15) is 0 Å². The molecule has 0 fully saturated rings. The van der Waals surface area contributed by atoms with Crippen LogP contribution < -0.4 is 0 Å². The van der Waals surface area contributed by atoms with Gasteiger partial charge < -0.3 is 5.11 Å². The number of hydrogen-bond acceptors (Lipinski definition) is 1. The van der Waals surface area contributed by atoms with Crippen molar-refractivity contribution in [1.82, 2.24) is 0 Å². The van der Waals surface area contributed by atoms with Crippen LogP contribution in [0.4, 0.5) is 0 Å².